The van der Waals surface area contributed by atoms with Crippen LogP contribution in [0.2, 0.25) is 0 Å². The maximum atomic E-state index is 12.7. The molecule has 1 saturated heterocycles. The van der Waals surface area contributed by atoms with E-state index in [4.69, 9.17) is 5.73 Å². The average molecular weight is 346 g/mol. The number of nitrogens with two attached hydrogens (primary N) is 1. The zero-order chi connectivity index (χ0) is 17.0. The van der Waals surface area contributed by atoms with Gasteiger partial charge in [0, 0.05) is 24.0 Å². The molecule has 23 heavy (non-hydrogen) atoms. The number of alkyl halides is 3. The first-order valence-electron chi connectivity index (χ1n) is 7.61. The molecule has 0 spiro atoms. The molecular formula is C16H21F3N2OS. The van der Waals surface area contributed by atoms with Gasteiger partial charge < -0.3 is 10.6 Å². The summed E-state index contributed by atoms with van der Waals surface area (Å²) >= 11 is 1.13. The van der Waals surface area contributed by atoms with E-state index in [0.29, 0.717) is 23.9 Å². The Morgan fingerprint density at radius 3 is 2.83 bits per heavy atom. The minimum Gasteiger partial charge on any atom is -0.338 e. The molecule has 3 nitrogen and oxygen atoms in total. The van der Waals surface area contributed by atoms with Crippen molar-refractivity contribution in [2.75, 3.05) is 18.8 Å². The van der Waals surface area contributed by atoms with Crippen LogP contribution < -0.4 is 5.73 Å². The number of piperidine rings is 1. The SMILES string of the molecule is CC1CCN(C(=O)CSc2cccc(C(F)(F)F)c2)C(CN)C1. The third-order valence-electron chi connectivity index (χ3n) is 4.09. The summed E-state index contributed by atoms with van der Waals surface area (Å²) < 4.78 is 38.1. The van der Waals surface area contributed by atoms with E-state index in [0.717, 1.165) is 36.7 Å². The smallest absolute Gasteiger partial charge is 0.338 e. The van der Waals surface area contributed by atoms with Gasteiger partial charge in [0.15, 0.2) is 0 Å². The van der Waals surface area contributed by atoms with Gasteiger partial charge in [0.1, 0.15) is 0 Å². The largest absolute Gasteiger partial charge is 0.416 e. The first-order valence-corrected chi connectivity index (χ1v) is 8.59. The Balaban J connectivity index is 1.96. The number of likely N-dealkylation sites (tertiary alicyclic amines) is 1. The number of carbonyl (C=O) groups excluding carboxylic acids is 1. The highest BCUT2D eigenvalue weighted by atomic mass is 32.2. The van der Waals surface area contributed by atoms with Crippen LogP contribution in [0.4, 0.5) is 13.2 Å². The van der Waals surface area contributed by atoms with E-state index in [9.17, 15) is 18.0 Å². The highest BCUT2D eigenvalue weighted by Gasteiger charge is 2.31. The van der Waals surface area contributed by atoms with Gasteiger partial charge in [-0.2, -0.15) is 13.2 Å². The van der Waals surface area contributed by atoms with Gasteiger partial charge in [0.05, 0.1) is 11.3 Å². The molecule has 1 heterocycles. The first kappa shape index (κ1) is 18.1. The van der Waals surface area contributed by atoms with Gasteiger partial charge >= 0.3 is 6.18 Å². The fourth-order valence-corrected chi connectivity index (χ4v) is 3.63. The number of halogens is 3. The Morgan fingerprint density at radius 2 is 2.17 bits per heavy atom. The molecule has 0 radical (unpaired) electrons. The van der Waals surface area contributed by atoms with Gasteiger partial charge in [-0.3, -0.25) is 4.79 Å². The predicted molar refractivity (Wildman–Crippen MR) is 85.1 cm³/mol. The van der Waals surface area contributed by atoms with Gasteiger partial charge in [-0.1, -0.05) is 13.0 Å². The highest BCUT2D eigenvalue weighted by Crippen LogP contribution is 2.32. The molecule has 128 valence electrons. The summed E-state index contributed by atoms with van der Waals surface area (Å²) in [7, 11) is 0. The lowest BCUT2D eigenvalue weighted by molar-refractivity contribution is -0.137. The maximum absolute atomic E-state index is 12.7. The number of nitrogens with zero attached hydrogens (tertiary/aromatic N) is 1. The Kier molecular flexibility index (Phi) is 5.97. The molecule has 1 aromatic carbocycles. The molecule has 1 aliphatic heterocycles. The molecule has 0 saturated carbocycles. The second-order valence-electron chi connectivity index (χ2n) is 5.92. The van der Waals surface area contributed by atoms with Crippen LogP contribution in [0.25, 0.3) is 0 Å². The van der Waals surface area contributed by atoms with Crippen LogP contribution in [0.5, 0.6) is 0 Å². The van der Waals surface area contributed by atoms with Crippen LogP contribution in [0, 0.1) is 5.92 Å². The normalized spacial score (nSPS) is 22.2. The Bertz CT molecular complexity index is 550. The van der Waals surface area contributed by atoms with Crippen molar-refractivity contribution in [2.24, 2.45) is 11.7 Å². The summed E-state index contributed by atoms with van der Waals surface area (Å²) in [6.45, 7) is 3.23. The molecular weight excluding hydrogens is 325 g/mol. The van der Waals surface area contributed by atoms with Crippen molar-refractivity contribution in [2.45, 2.75) is 36.9 Å². The monoisotopic (exact) mass is 346 g/mol. The Hall–Kier alpha value is -1.21. The van der Waals surface area contributed by atoms with Crippen molar-refractivity contribution < 1.29 is 18.0 Å². The molecule has 1 aliphatic rings. The Morgan fingerprint density at radius 1 is 1.43 bits per heavy atom. The van der Waals surface area contributed by atoms with Crippen molar-refractivity contribution >= 4 is 17.7 Å². The molecule has 2 rings (SSSR count). The molecule has 0 bridgehead atoms. The summed E-state index contributed by atoms with van der Waals surface area (Å²) in [5.41, 5.74) is 5.05. The topological polar surface area (TPSA) is 46.3 Å². The van der Waals surface area contributed by atoms with Crippen LogP contribution in [-0.4, -0.2) is 35.7 Å². The molecule has 2 atom stereocenters. The second-order valence-corrected chi connectivity index (χ2v) is 6.97. The summed E-state index contributed by atoms with van der Waals surface area (Å²) in [5, 5.41) is 0. The summed E-state index contributed by atoms with van der Waals surface area (Å²) in [5.74, 6) is 0.616. The van der Waals surface area contributed by atoms with E-state index >= 15 is 0 Å². The van der Waals surface area contributed by atoms with Gasteiger partial charge in [-0.15, -0.1) is 11.8 Å². The minimum atomic E-state index is -4.37. The number of carbonyl (C=O) groups is 1. The van der Waals surface area contributed by atoms with Crippen molar-refractivity contribution in [3.8, 4) is 0 Å². The van der Waals surface area contributed by atoms with Gasteiger partial charge in [-0.25, -0.2) is 0 Å². The van der Waals surface area contributed by atoms with Crippen molar-refractivity contribution in [3.05, 3.63) is 29.8 Å². The summed E-state index contributed by atoms with van der Waals surface area (Å²) in [6.07, 6.45) is -2.54. The predicted octanol–water partition coefficient (Wildman–Crippen LogP) is 3.38. The fraction of sp³-hybridized carbons (Fsp3) is 0.562. The van der Waals surface area contributed by atoms with Crippen LogP contribution >= 0.6 is 11.8 Å². The lowest BCUT2D eigenvalue weighted by Crippen LogP contribution is -2.49. The molecule has 0 aromatic heterocycles. The number of thioether (sulfide) groups is 1. The van der Waals surface area contributed by atoms with Crippen molar-refractivity contribution in [3.63, 3.8) is 0 Å². The van der Waals surface area contributed by atoms with E-state index < -0.39 is 11.7 Å². The molecule has 1 aromatic rings. The third kappa shape index (κ3) is 4.88. The molecule has 0 aliphatic carbocycles. The number of hydrogen-bond acceptors (Lipinski definition) is 3. The third-order valence-corrected chi connectivity index (χ3v) is 5.07. The van der Waals surface area contributed by atoms with E-state index in [1.807, 2.05) is 0 Å². The second kappa shape index (κ2) is 7.57. The van der Waals surface area contributed by atoms with E-state index in [1.54, 1.807) is 11.0 Å². The number of benzene rings is 1. The van der Waals surface area contributed by atoms with Crippen molar-refractivity contribution in [1.82, 2.24) is 4.90 Å². The molecule has 1 amide bonds. The van der Waals surface area contributed by atoms with Crippen LogP contribution in [-0.2, 0) is 11.0 Å². The number of hydrogen-bond donors (Lipinski definition) is 1. The fourth-order valence-electron chi connectivity index (χ4n) is 2.79. The van der Waals surface area contributed by atoms with E-state index in [1.165, 1.54) is 6.07 Å². The first-order chi connectivity index (χ1) is 10.8. The molecule has 2 unspecified atom stereocenters. The maximum Gasteiger partial charge on any atom is 0.416 e. The molecule has 1 fully saturated rings. The summed E-state index contributed by atoms with van der Waals surface area (Å²) in [6, 6.07) is 5.10. The van der Waals surface area contributed by atoms with Crippen LogP contribution in [0.15, 0.2) is 29.2 Å². The lowest BCUT2D eigenvalue weighted by atomic mass is 9.92. The van der Waals surface area contributed by atoms with Gasteiger partial charge in [-0.05, 0) is 37.0 Å². The van der Waals surface area contributed by atoms with Gasteiger partial charge in [0.25, 0.3) is 0 Å². The zero-order valence-electron chi connectivity index (χ0n) is 13.0. The Labute approximate surface area is 138 Å². The molecule has 2 N–H and O–H groups in total. The quantitative estimate of drug-likeness (QED) is 0.850. The minimum absolute atomic E-state index is 0.0355. The zero-order valence-corrected chi connectivity index (χ0v) is 13.8. The van der Waals surface area contributed by atoms with E-state index in [-0.39, 0.29) is 17.7 Å². The number of amides is 1. The van der Waals surface area contributed by atoms with E-state index in [2.05, 4.69) is 6.92 Å². The van der Waals surface area contributed by atoms with Crippen molar-refractivity contribution in [1.29, 1.82) is 0 Å². The summed E-state index contributed by atoms with van der Waals surface area (Å²) in [4.78, 5) is 14.6. The lowest BCUT2D eigenvalue weighted by Gasteiger charge is -2.38. The average Bonchev–Trinajstić information content (AvgIpc) is 2.52. The van der Waals surface area contributed by atoms with Crippen LogP contribution in [0.1, 0.15) is 25.3 Å². The highest BCUT2D eigenvalue weighted by molar-refractivity contribution is 8.00. The van der Waals surface area contributed by atoms with Gasteiger partial charge in [0.2, 0.25) is 5.91 Å². The standard InChI is InChI=1S/C16H21F3N2OS/c1-11-5-6-21(13(7-11)9-20)15(22)10-23-14-4-2-3-12(8-14)16(17,18)19/h2-4,8,11,13H,5-7,9-10,20H2,1H3. The number of rotatable bonds is 4. The van der Waals surface area contributed by atoms with Crippen LogP contribution in [0.3, 0.4) is 0 Å². The molecule has 7 heteroatoms.